The number of esters is 1. The zero-order chi connectivity index (χ0) is 10.1. The van der Waals surface area contributed by atoms with E-state index in [1.807, 2.05) is 0 Å². The maximum atomic E-state index is 10.2. The van der Waals surface area contributed by atoms with E-state index in [1.54, 1.807) is 6.92 Å². The summed E-state index contributed by atoms with van der Waals surface area (Å²) in [4.78, 5) is 27.0. The lowest BCUT2D eigenvalue weighted by molar-refractivity contribution is -0.140. The second-order valence-electron chi connectivity index (χ2n) is 2.09. The van der Waals surface area contributed by atoms with Crippen LogP contribution in [0.25, 0.3) is 0 Å². The average Bonchev–Trinajstić information content (AvgIpc) is 2.06. The molecule has 14 heavy (non-hydrogen) atoms. The first-order chi connectivity index (χ1) is 6.16. The van der Waals surface area contributed by atoms with E-state index in [0.29, 0.717) is 6.61 Å². The lowest BCUT2D eigenvalue weighted by Gasteiger charge is -1.89. The maximum absolute atomic E-state index is 10.2. The zero-order valence-corrected chi connectivity index (χ0v) is 8.91. The average molecular weight is 221 g/mol. The summed E-state index contributed by atoms with van der Waals surface area (Å²) in [5, 5.41) is 0. The van der Waals surface area contributed by atoms with Gasteiger partial charge in [0.2, 0.25) is 0 Å². The highest BCUT2D eigenvalue weighted by atomic mass is 35.5. The highest BCUT2D eigenvalue weighted by molar-refractivity contribution is 6.20. The van der Waals surface area contributed by atoms with Crippen LogP contribution in [0.15, 0.2) is 9.98 Å². The summed E-state index contributed by atoms with van der Waals surface area (Å²) in [6.45, 7) is 3.87. The Bertz CT molecular complexity index is 239. The largest absolute Gasteiger partial charge is 0.466 e. The lowest BCUT2D eigenvalue weighted by atomic mass is 10.5. The predicted octanol–water partition coefficient (Wildman–Crippen LogP) is 0.659. The monoisotopic (exact) mass is 220 g/mol. The molecular formula is C8H13ClN2O3. The van der Waals surface area contributed by atoms with Crippen molar-refractivity contribution in [3.05, 3.63) is 0 Å². The summed E-state index contributed by atoms with van der Waals surface area (Å²) < 4.78 is 4.40. The first-order valence-electron chi connectivity index (χ1n) is 3.85. The molecule has 0 saturated carbocycles. The minimum Gasteiger partial charge on any atom is -0.466 e. The summed E-state index contributed by atoms with van der Waals surface area (Å²) >= 11 is 0. The number of ether oxygens (including phenoxy) is 1. The molecular weight excluding hydrogens is 208 g/mol. The number of hydrogen-bond acceptors (Lipinski definition) is 4. The molecule has 0 spiro atoms. The molecule has 0 fully saturated rings. The topological polar surface area (TPSA) is 68.1 Å². The van der Waals surface area contributed by atoms with E-state index in [1.165, 1.54) is 19.4 Å². The molecule has 0 aromatic carbocycles. The molecule has 5 nitrogen and oxygen atoms in total. The third-order valence-electron chi connectivity index (χ3n) is 0.965. The minimum atomic E-state index is -0.211. The van der Waals surface area contributed by atoms with Crippen molar-refractivity contribution in [2.45, 2.75) is 13.8 Å². The Morgan fingerprint density at radius 1 is 1.57 bits per heavy atom. The molecule has 0 bridgehead atoms. The van der Waals surface area contributed by atoms with Crippen molar-refractivity contribution in [1.82, 2.24) is 0 Å². The molecule has 0 atom stereocenters. The lowest BCUT2D eigenvalue weighted by Crippen LogP contribution is -2.03. The van der Waals surface area contributed by atoms with E-state index in [0.717, 1.165) is 0 Å². The third-order valence-corrected chi connectivity index (χ3v) is 0.965. The number of halogens is 1. The molecule has 0 N–H and O–H groups in total. The van der Waals surface area contributed by atoms with Gasteiger partial charge in [0.25, 0.3) is 5.91 Å². The quantitative estimate of drug-likeness (QED) is 0.610. The molecule has 0 radical (unpaired) electrons. The summed E-state index contributed by atoms with van der Waals surface area (Å²) in [7, 11) is 0. The molecule has 1 aliphatic rings. The highest BCUT2D eigenvalue weighted by Gasteiger charge is 1.94. The van der Waals surface area contributed by atoms with Crippen molar-refractivity contribution in [2.24, 2.45) is 9.98 Å². The third kappa shape index (κ3) is 10.8. The van der Waals surface area contributed by atoms with E-state index in [-0.39, 0.29) is 30.8 Å². The van der Waals surface area contributed by atoms with Gasteiger partial charge in [-0.25, -0.2) is 4.99 Å². The number of hydrogen-bond donors (Lipinski definition) is 0. The fourth-order valence-corrected chi connectivity index (χ4v) is 0.538. The molecule has 1 heterocycles. The van der Waals surface area contributed by atoms with Crippen LogP contribution in [0.4, 0.5) is 0 Å². The van der Waals surface area contributed by atoms with Gasteiger partial charge in [0.1, 0.15) is 6.54 Å². The van der Waals surface area contributed by atoms with E-state index in [4.69, 9.17) is 0 Å². The Kier molecular flexibility index (Phi) is 10.7. The van der Waals surface area contributed by atoms with Crippen LogP contribution in [0, 0.1) is 0 Å². The van der Waals surface area contributed by atoms with Crippen LogP contribution >= 0.6 is 12.4 Å². The van der Waals surface area contributed by atoms with E-state index >= 15 is 0 Å². The fraction of sp³-hybridized carbons (Fsp3) is 0.500. The number of aliphatic imine (C=N–C) groups is 2. The number of rotatable bonds is 1. The second-order valence-corrected chi connectivity index (χ2v) is 2.09. The van der Waals surface area contributed by atoms with E-state index in [9.17, 15) is 9.59 Å². The molecule has 1 rings (SSSR count). The summed E-state index contributed by atoms with van der Waals surface area (Å²) in [6.07, 6.45) is 2.91. The Labute approximate surface area is 88.7 Å². The van der Waals surface area contributed by atoms with Gasteiger partial charge in [0.05, 0.1) is 6.61 Å². The Hall–Kier alpha value is -1.23. The number of carbonyl (C=O) groups is 2. The highest BCUT2D eigenvalue weighted by Crippen LogP contribution is 1.78. The predicted molar refractivity (Wildman–Crippen MR) is 56.4 cm³/mol. The molecule has 1 aliphatic heterocycles. The SMILES string of the molecule is CCOC(C)=O.Cl.O=C1CN=CC=N1. The van der Waals surface area contributed by atoms with Gasteiger partial charge in [0.15, 0.2) is 0 Å². The van der Waals surface area contributed by atoms with Crippen LogP contribution in [0.5, 0.6) is 0 Å². The summed E-state index contributed by atoms with van der Waals surface area (Å²) in [5.74, 6) is -0.375. The molecule has 0 unspecified atom stereocenters. The zero-order valence-electron chi connectivity index (χ0n) is 8.10. The first kappa shape index (κ1) is 15.3. The molecule has 80 valence electrons. The second kappa shape index (κ2) is 9.85. The van der Waals surface area contributed by atoms with Crippen molar-refractivity contribution >= 4 is 36.7 Å². The molecule has 1 amide bonds. The normalized spacial score (nSPS) is 12.3. The van der Waals surface area contributed by atoms with Gasteiger partial charge >= 0.3 is 5.97 Å². The van der Waals surface area contributed by atoms with Crippen LogP contribution in [0.3, 0.4) is 0 Å². The molecule has 0 saturated heterocycles. The van der Waals surface area contributed by atoms with Crippen molar-refractivity contribution in [3.63, 3.8) is 0 Å². The van der Waals surface area contributed by atoms with E-state index in [2.05, 4.69) is 14.7 Å². The van der Waals surface area contributed by atoms with Crippen molar-refractivity contribution in [3.8, 4) is 0 Å². The van der Waals surface area contributed by atoms with Crippen LogP contribution in [-0.2, 0) is 14.3 Å². The maximum Gasteiger partial charge on any atom is 0.302 e. The standard InChI is InChI=1S/C4H4N2O.C4H8O2.ClH/c7-4-3-5-1-2-6-4;1-3-6-4(2)5;/h1-2H,3H2;3H2,1-2H3;1H. The van der Waals surface area contributed by atoms with Gasteiger partial charge in [-0.2, -0.15) is 0 Å². The van der Waals surface area contributed by atoms with Crippen LogP contribution < -0.4 is 0 Å². The van der Waals surface area contributed by atoms with Crippen LogP contribution in [0.2, 0.25) is 0 Å². The number of amides is 1. The Morgan fingerprint density at radius 2 is 2.21 bits per heavy atom. The molecule has 0 aliphatic carbocycles. The molecule has 0 aromatic rings. The Balaban J connectivity index is 0. The Morgan fingerprint density at radius 3 is 2.36 bits per heavy atom. The van der Waals surface area contributed by atoms with Crippen molar-refractivity contribution < 1.29 is 14.3 Å². The van der Waals surface area contributed by atoms with Gasteiger partial charge < -0.3 is 4.74 Å². The van der Waals surface area contributed by atoms with Crippen LogP contribution in [0.1, 0.15) is 13.8 Å². The van der Waals surface area contributed by atoms with Gasteiger partial charge in [-0.15, -0.1) is 12.4 Å². The van der Waals surface area contributed by atoms with Crippen molar-refractivity contribution in [1.29, 1.82) is 0 Å². The smallest absolute Gasteiger partial charge is 0.302 e. The molecule has 0 aromatic heterocycles. The van der Waals surface area contributed by atoms with Gasteiger partial charge in [0, 0.05) is 19.4 Å². The van der Waals surface area contributed by atoms with Gasteiger partial charge in [-0.1, -0.05) is 0 Å². The minimum absolute atomic E-state index is 0. The molecule has 6 heteroatoms. The first-order valence-corrected chi connectivity index (χ1v) is 3.85. The number of nitrogens with zero attached hydrogens (tertiary/aromatic N) is 2. The van der Waals surface area contributed by atoms with Gasteiger partial charge in [-0.3, -0.25) is 14.6 Å². The van der Waals surface area contributed by atoms with Gasteiger partial charge in [-0.05, 0) is 6.92 Å². The van der Waals surface area contributed by atoms with Crippen molar-refractivity contribution in [2.75, 3.05) is 13.2 Å². The summed E-state index contributed by atoms with van der Waals surface area (Å²) in [5.41, 5.74) is 0. The number of carbonyl (C=O) groups excluding carboxylic acids is 2. The fourth-order valence-electron chi connectivity index (χ4n) is 0.538. The van der Waals surface area contributed by atoms with E-state index < -0.39 is 0 Å². The van der Waals surface area contributed by atoms with Crippen LogP contribution in [-0.4, -0.2) is 37.5 Å². The summed E-state index contributed by atoms with van der Waals surface area (Å²) in [6, 6.07) is 0.